The number of aryl methyl sites for hydroxylation is 2. The van der Waals surface area contributed by atoms with Crippen molar-refractivity contribution < 1.29 is 0 Å². The molecular formula is C12H15ClN4. The van der Waals surface area contributed by atoms with Gasteiger partial charge in [0.2, 0.25) is 0 Å². The van der Waals surface area contributed by atoms with Crippen LogP contribution in [0.25, 0.3) is 0 Å². The zero-order valence-electron chi connectivity index (χ0n) is 10.2. The van der Waals surface area contributed by atoms with E-state index in [0.717, 1.165) is 28.2 Å². The van der Waals surface area contributed by atoms with Gasteiger partial charge in [-0.3, -0.25) is 9.67 Å². The fourth-order valence-corrected chi connectivity index (χ4v) is 1.83. The summed E-state index contributed by atoms with van der Waals surface area (Å²) >= 11 is 5.96. The third kappa shape index (κ3) is 2.26. The first-order valence-electron chi connectivity index (χ1n) is 5.39. The van der Waals surface area contributed by atoms with Crippen LogP contribution in [0.3, 0.4) is 0 Å². The van der Waals surface area contributed by atoms with E-state index in [0.29, 0.717) is 11.6 Å². The number of halogens is 1. The first-order chi connectivity index (χ1) is 7.99. The standard InChI is InChI=1S/C12H15ClN4/c1-7-4-15-11(8(2)12(7)14)6-17-5-10(13)9(3)16-17/h4-5H,6H2,1-3H3,(H2,14,15). The average molecular weight is 251 g/mol. The van der Waals surface area contributed by atoms with Crippen molar-refractivity contribution in [1.82, 2.24) is 14.8 Å². The minimum absolute atomic E-state index is 0.587. The lowest BCUT2D eigenvalue weighted by atomic mass is 10.1. The van der Waals surface area contributed by atoms with E-state index in [1.54, 1.807) is 17.1 Å². The lowest BCUT2D eigenvalue weighted by Crippen LogP contribution is -2.07. The van der Waals surface area contributed by atoms with Crippen LogP contribution in [-0.2, 0) is 6.54 Å². The van der Waals surface area contributed by atoms with E-state index in [4.69, 9.17) is 17.3 Å². The quantitative estimate of drug-likeness (QED) is 0.891. The second-order valence-corrected chi connectivity index (χ2v) is 4.59. The van der Waals surface area contributed by atoms with E-state index >= 15 is 0 Å². The van der Waals surface area contributed by atoms with Gasteiger partial charge in [-0.05, 0) is 31.9 Å². The summed E-state index contributed by atoms with van der Waals surface area (Å²) in [4.78, 5) is 4.39. The van der Waals surface area contributed by atoms with E-state index in [2.05, 4.69) is 10.1 Å². The molecule has 0 amide bonds. The molecular weight excluding hydrogens is 236 g/mol. The van der Waals surface area contributed by atoms with Crippen LogP contribution in [0.1, 0.15) is 22.5 Å². The van der Waals surface area contributed by atoms with Gasteiger partial charge in [-0.15, -0.1) is 0 Å². The minimum atomic E-state index is 0.587. The summed E-state index contributed by atoms with van der Waals surface area (Å²) in [5, 5.41) is 4.97. The molecule has 2 aromatic rings. The molecule has 5 heteroatoms. The van der Waals surface area contributed by atoms with Gasteiger partial charge in [-0.2, -0.15) is 5.10 Å². The van der Waals surface area contributed by atoms with Gasteiger partial charge in [0.05, 0.1) is 23.0 Å². The average Bonchev–Trinajstić information content (AvgIpc) is 2.59. The summed E-state index contributed by atoms with van der Waals surface area (Å²) in [5.74, 6) is 0. The molecule has 2 rings (SSSR count). The maximum atomic E-state index is 5.98. The highest BCUT2D eigenvalue weighted by molar-refractivity contribution is 6.31. The maximum absolute atomic E-state index is 5.98. The molecule has 0 aliphatic carbocycles. The van der Waals surface area contributed by atoms with Gasteiger partial charge in [-0.1, -0.05) is 11.6 Å². The van der Waals surface area contributed by atoms with Crippen molar-refractivity contribution in [3.63, 3.8) is 0 Å². The predicted molar refractivity (Wildman–Crippen MR) is 69.2 cm³/mol. The molecule has 0 atom stereocenters. The number of nitrogens with two attached hydrogens (primary N) is 1. The number of hydrogen-bond donors (Lipinski definition) is 1. The molecule has 0 aliphatic rings. The van der Waals surface area contributed by atoms with Crippen LogP contribution >= 0.6 is 11.6 Å². The van der Waals surface area contributed by atoms with Gasteiger partial charge in [0.15, 0.2) is 0 Å². The highest BCUT2D eigenvalue weighted by Crippen LogP contribution is 2.19. The number of anilines is 1. The monoisotopic (exact) mass is 250 g/mol. The van der Waals surface area contributed by atoms with Gasteiger partial charge >= 0.3 is 0 Å². The summed E-state index contributed by atoms with van der Waals surface area (Å²) in [7, 11) is 0. The number of rotatable bonds is 2. The number of nitrogen functional groups attached to an aromatic ring is 1. The summed E-state index contributed by atoms with van der Waals surface area (Å²) in [6.07, 6.45) is 3.59. The molecule has 0 unspecified atom stereocenters. The zero-order valence-corrected chi connectivity index (χ0v) is 10.9. The molecule has 2 aromatic heterocycles. The van der Waals surface area contributed by atoms with Crippen molar-refractivity contribution in [3.05, 3.63) is 39.9 Å². The van der Waals surface area contributed by atoms with E-state index in [1.165, 1.54) is 0 Å². The number of hydrogen-bond acceptors (Lipinski definition) is 3. The van der Waals surface area contributed by atoms with Gasteiger partial charge in [0, 0.05) is 18.1 Å². The van der Waals surface area contributed by atoms with Crippen molar-refractivity contribution in [2.75, 3.05) is 5.73 Å². The molecule has 2 heterocycles. The zero-order chi connectivity index (χ0) is 12.6. The minimum Gasteiger partial charge on any atom is -0.398 e. The third-order valence-corrected chi connectivity index (χ3v) is 3.25. The lowest BCUT2D eigenvalue weighted by molar-refractivity contribution is 0.663. The molecule has 0 radical (unpaired) electrons. The Bertz CT molecular complexity index is 540. The largest absolute Gasteiger partial charge is 0.398 e. The van der Waals surface area contributed by atoms with Gasteiger partial charge in [0.25, 0.3) is 0 Å². The highest BCUT2D eigenvalue weighted by atomic mass is 35.5. The fourth-order valence-electron chi connectivity index (χ4n) is 1.68. The van der Waals surface area contributed by atoms with Crippen molar-refractivity contribution in [2.45, 2.75) is 27.3 Å². The Kier molecular flexibility index (Phi) is 3.07. The van der Waals surface area contributed by atoms with Crippen LogP contribution in [0, 0.1) is 20.8 Å². The van der Waals surface area contributed by atoms with E-state index < -0.39 is 0 Å². The summed E-state index contributed by atoms with van der Waals surface area (Å²) < 4.78 is 1.78. The Hall–Kier alpha value is -1.55. The molecule has 0 aromatic carbocycles. The molecule has 2 N–H and O–H groups in total. The Balaban J connectivity index is 2.33. The number of nitrogens with zero attached hydrogens (tertiary/aromatic N) is 3. The first kappa shape index (κ1) is 11.9. The second kappa shape index (κ2) is 4.37. The Morgan fingerprint density at radius 1 is 1.35 bits per heavy atom. The van der Waals surface area contributed by atoms with Crippen LogP contribution in [0.4, 0.5) is 5.69 Å². The lowest BCUT2D eigenvalue weighted by Gasteiger charge is -2.09. The molecule has 0 bridgehead atoms. The Labute approximate surface area is 105 Å². The van der Waals surface area contributed by atoms with Crippen molar-refractivity contribution in [2.24, 2.45) is 0 Å². The first-order valence-corrected chi connectivity index (χ1v) is 5.77. The molecule has 17 heavy (non-hydrogen) atoms. The van der Waals surface area contributed by atoms with Gasteiger partial charge in [-0.25, -0.2) is 0 Å². The number of aromatic nitrogens is 3. The van der Waals surface area contributed by atoms with Crippen LogP contribution in [0.5, 0.6) is 0 Å². The molecule has 0 saturated carbocycles. The predicted octanol–water partition coefficient (Wildman–Crippen LogP) is 2.49. The summed E-state index contributed by atoms with van der Waals surface area (Å²) in [5.41, 5.74) is 10.5. The van der Waals surface area contributed by atoms with Crippen LogP contribution in [0.15, 0.2) is 12.4 Å². The van der Waals surface area contributed by atoms with Crippen LogP contribution in [0.2, 0.25) is 5.02 Å². The van der Waals surface area contributed by atoms with Gasteiger partial charge in [0.1, 0.15) is 0 Å². The molecule has 0 aliphatic heterocycles. The smallest absolute Gasteiger partial charge is 0.0835 e. The SMILES string of the molecule is Cc1cnc(Cn2cc(Cl)c(C)n2)c(C)c1N. The van der Waals surface area contributed by atoms with Crippen LogP contribution in [-0.4, -0.2) is 14.8 Å². The molecule has 0 saturated heterocycles. The van der Waals surface area contributed by atoms with Crippen LogP contribution < -0.4 is 5.73 Å². The van der Waals surface area contributed by atoms with Gasteiger partial charge < -0.3 is 5.73 Å². The highest BCUT2D eigenvalue weighted by Gasteiger charge is 2.08. The molecule has 0 fully saturated rings. The number of pyridine rings is 1. The molecule has 90 valence electrons. The van der Waals surface area contributed by atoms with E-state index in [9.17, 15) is 0 Å². The molecule has 4 nitrogen and oxygen atoms in total. The third-order valence-electron chi connectivity index (χ3n) is 2.87. The normalized spacial score (nSPS) is 10.8. The Morgan fingerprint density at radius 3 is 2.65 bits per heavy atom. The topological polar surface area (TPSA) is 56.7 Å². The van der Waals surface area contributed by atoms with Crippen molar-refractivity contribution in [1.29, 1.82) is 0 Å². The van der Waals surface area contributed by atoms with E-state index in [-0.39, 0.29) is 0 Å². The Morgan fingerprint density at radius 2 is 2.06 bits per heavy atom. The van der Waals surface area contributed by atoms with Crippen molar-refractivity contribution >= 4 is 17.3 Å². The van der Waals surface area contributed by atoms with E-state index in [1.807, 2.05) is 20.8 Å². The molecule has 0 spiro atoms. The second-order valence-electron chi connectivity index (χ2n) is 4.19. The maximum Gasteiger partial charge on any atom is 0.0835 e. The fraction of sp³-hybridized carbons (Fsp3) is 0.333. The summed E-state index contributed by atoms with van der Waals surface area (Å²) in [6, 6.07) is 0. The van der Waals surface area contributed by atoms with Crippen molar-refractivity contribution in [3.8, 4) is 0 Å². The summed E-state index contributed by atoms with van der Waals surface area (Å²) in [6.45, 7) is 6.39.